The maximum atomic E-state index is 12.8. The lowest BCUT2D eigenvalue weighted by molar-refractivity contribution is 0.0670. The molecule has 1 saturated heterocycles. The highest BCUT2D eigenvalue weighted by Crippen LogP contribution is 2.32. The van der Waals surface area contributed by atoms with Crippen LogP contribution >= 0.6 is 23.2 Å². The minimum absolute atomic E-state index is 0.0961. The number of fused-ring (bicyclic) bond motifs is 1. The van der Waals surface area contributed by atoms with Gasteiger partial charge in [0.2, 0.25) is 0 Å². The SMILES string of the molecule is O=C(Nc1ccc2c(c1)OCCCO2)N1CCN(CCCOC(c2ccc(Cl)cc2)c2ccc(Cl)cc2)CC1. The normalized spacial score (nSPS) is 15.7. The molecule has 3 aromatic rings. The lowest BCUT2D eigenvalue weighted by Crippen LogP contribution is -2.50. The molecule has 7 nitrogen and oxygen atoms in total. The van der Waals surface area contributed by atoms with Gasteiger partial charge in [0.1, 0.15) is 6.10 Å². The molecule has 2 aliphatic rings. The van der Waals surface area contributed by atoms with Gasteiger partial charge in [0.15, 0.2) is 11.5 Å². The molecule has 2 aliphatic heterocycles. The second-order valence-electron chi connectivity index (χ2n) is 9.68. The summed E-state index contributed by atoms with van der Waals surface area (Å²) in [6.45, 7) is 5.77. The van der Waals surface area contributed by atoms with Crippen molar-refractivity contribution in [3.05, 3.63) is 87.9 Å². The standard InChI is InChI=1S/C30H33Cl2N3O4/c31-24-7-3-22(4-8-24)29(23-5-9-25(32)10-6-23)39-18-1-13-34-14-16-35(17-15-34)30(36)33-26-11-12-27-28(21-26)38-20-2-19-37-27/h3-12,21,29H,1-2,13-20H2,(H,33,36). The van der Waals surface area contributed by atoms with E-state index in [1.54, 1.807) is 0 Å². The highest BCUT2D eigenvalue weighted by atomic mass is 35.5. The monoisotopic (exact) mass is 569 g/mol. The number of urea groups is 1. The number of anilines is 1. The van der Waals surface area contributed by atoms with E-state index in [-0.39, 0.29) is 12.1 Å². The van der Waals surface area contributed by atoms with E-state index in [9.17, 15) is 4.79 Å². The van der Waals surface area contributed by atoms with Crippen LogP contribution in [0, 0.1) is 0 Å². The molecule has 1 fully saturated rings. The van der Waals surface area contributed by atoms with E-state index >= 15 is 0 Å². The average Bonchev–Trinajstić information content (AvgIpc) is 3.20. The molecule has 0 radical (unpaired) electrons. The zero-order valence-corrected chi connectivity index (χ0v) is 23.3. The molecule has 206 valence electrons. The van der Waals surface area contributed by atoms with E-state index in [0.717, 1.165) is 49.4 Å². The molecule has 0 bridgehead atoms. The summed E-state index contributed by atoms with van der Waals surface area (Å²) in [4.78, 5) is 17.1. The van der Waals surface area contributed by atoms with Gasteiger partial charge in [-0.1, -0.05) is 47.5 Å². The van der Waals surface area contributed by atoms with Crippen LogP contribution in [0.4, 0.5) is 10.5 Å². The predicted octanol–water partition coefficient (Wildman–Crippen LogP) is 6.50. The van der Waals surface area contributed by atoms with Crippen molar-refractivity contribution in [3.8, 4) is 11.5 Å². The first kappa shape index (κ1) is 27.6. The zero-order chi connectivity index (χ0) is 27.0. The summed E-state index contributed by atoms with van der Waals surface area (Å²) in [5.74, 6) is 1.39. The minimum Gasteiger partial charge on any atom is -0.490 e. The first-order chi connectivity index (χ1) is 19.0. The Bertz CT molecular complexity index is 1190. The minimum atomic E-state index is -0.190. The van der Waals surface area contributed by atoms with Crippen molar-refractivity contribution in [3.63, 3.8) is 0 Å². The molecular weight excluding hydrogens is 537 g/mol. The number of rotatable bonds is 8. The summed E-state index contributed by atoms with van der Waals surface area (Å²) in [5.41, 5.74) is 2.81. The molecule has 3 aromatic carbocycles. The maximum absolute atomic E-state index is 12.8. The van der Waals surface area contributed by atoms with Gasteiger partial charge in [-0.25, -0.2) is 4.79 Å². The number of carbonyl (C=O) groups is 1. The lowest BCUT2D eigenvalue weighted by atomic mass is 10.0. The Kier molecular flexibility index (Phi) is 9.48. The van der Waals surface area contributed by atoms with Crippen molar-refractivity contribution in [2.75, 3.05) is 57.9 Å². The average molecular weight is 571 g/mol. The number of nitrogens with one attached hydrogen (secondary N) is 1. The van der Waals surface area contributed by atoms with Crippen LogP contribution in [-0.2, 0) is 4.74 Å². The maximum Gasteiger partial charge on any atom is 0.321 e. The van der Waals surface area contributed by atoms with E-state index in [1.807, 2.05) is 71.6 Å². The highest BCUT2D eigenvalue weighted by molar-refractivity contribution is 6.30. The third-order valence-corrected chi connectivity index (χ3v) is 7.41. The number of hydrogen-bond acceptors (Lipinski definition) is 5. The zero-order valence-electron chi connectivity index (χ0n) is 21.8. The van der Waals surface area contributed by atoms with Gasteiger partial charge in [-0.15, -0.1) is 0 Å². The van der Waals surface area contributed by atoms with Crippen LogP contribution in [0.3, 0.4) is 0 Å². The van der Waals surface area contributed by atoms with Crippen LogP contribution in [0.2, 0.25) is 10.0 Å². The summed E-state index contributed by atoms with van der Waals surface area (Å²) >= 11 is 12.2. The lowest BCUT2D eigenvalue weighted by Gasteiger charge is -2.34. The summed E-state index contributed by atoms with van der Waals surface area (Å²) in [7, 11) is 0. The molecule has 5 rings (SSSR count). The summed E-state index contributed by atoms with van der Waals surface area (Å²) in [5, 5.41) is 4.39. The number of piperazine rings is 1. The molecule has 2 heterocycles. The van der Waals surface area contributed by atoms with E-state index in [4.69, 9.17) is 37.4 Å². The smallest absolute Gasteiger partial charge is 0.321 e. The van der Waals surface area contributed by atoms with Crippen molar-refractivity contribution >= 4 is 34.9 Å². The predicted molar refractivity (Wildman–Crippen MR) is 154 cm³/mol. The number of halogens is 2. The first-order valence-corrected chi connectivity index (χ1v) is 14.1. The van der Waals surface area contributed by atoms with E-state index in [2.05, 4.69) is 10.2 Å². The summed E-state index contributed by atoms with van der Waals surface area (Å²) < 4.78 is 17.8. The van der Waals surface area contributed by atoms with Gasteiger partial charge in [-0.05, 0) is 53.9 Å². The Morgan fingerprint density at radius 1 is 0.846 bits per heavy atom. The molecule has 0 aliphatic carbocycles. The van der Waals surface area contributed by atoms with Gasteiger partial charge in [0.05, 0.1) is 13.2 Å². The van der Waals surface area contributed by atoms with Crippen molar-refractivity contribution in [1.82, 2.24) is 9.80 Å². The Labute approximate surface area is 239 Å². The van der Waals surface area contributed by atoms with Crippen LogP contribution < -0.4 is 14.8 Å². The fourth-order valence-electron chi connectivity index (χ4n) is 4.77. The molecule has 0 saturated carbocycles. The number of nitrogens with zero attached hydrogens (tertiary/aromatic N) is 2. The van der Waals surface area contributed by atoms with Crippen LogP contribution in [0.15, 0.2) is 66.7 Å². The van der Waals surface area contributed by atoms with Crippen LogP contribution in [-0.4, -0.2) is 68.4 Å². The van der Waals surface area contributed by atoms with Gasteiger partial charge in [0.25, 0.3) is 0 Å². The fourth-order valence-corrected chi connectivity index (χ4v) is 5.02. The van der Waals surface area contributed by atoms with E-state index in [0.29, 0.717) is 54.4 Å². The first-order valence-electron chi connectivity index (χ1n) is 13.4. The van der Waals surface area contributed by atoms with E-state index < -0.39 is 0 Å². The Morgan fingerprint density at radius 3 is 2.10 bits per heavy atom. The molecular formula is C30H33Cl2N3O4. The van der Waals surface area contributed by atoms with Crippen LogP contribution in [0.1, 0.15) is 30.1 Å². The van der Waals surface area contributed by atoms with Gasteiger partial charge in [-0.3, -0.25) is 4.90 Å². The molecule has 0 atom stereocenters. The molecule has 0 unspecified atom stereocenters. The van der Waals surface area contributed by atoms with Gasteiger partial charge in [-0.2, -0.15) is 0 Å². The van der Waals surface area contributed by atoms with Crippen molar-refractivity contribution in [2.24, 2.45) is 0 Å². The molecule has 0 aromatic heterocycles. The van der Waals surface area contributed by atoms with Gasteiger partial charge in [0, 0.05) is 67.6 Å². The Balaban J connectivity index is 1.07. The highest BCUT2D eigenvalue weighted by Gasteiger charge is 2.22. The number of amides is 2. The van der Waals surface area contributed by atoms with Crippen LogP contribution in [0.5, 0.6) is 11.5 Å². The number of carbonyl (C=O) groups excluding carboxylic acids is 1. The third-order valence-electron chi connectivity index (χ3n) is 6.91. The third kappa shape index (κ3) is 7.57. The largest absolute Gasteiger partial charge is 0.490 e. The van der Waals surface area contributed by atoms with Gasteiger partial charge >= 0.3 is 6.03 Å². The topological polar surface area (TPSA) is 63.3 Å². The summed E-state index contributed by atoms with van der Waals surface area (Å²) in [6.07, 6.45) is 1.55. The Hall–Kier alpha value is -2.97. The number of ether oxygens (including phenoxy) is 3. The van der Waals surface area contributed by atoms with Gasteiger partial charge < -0.3 is 24.4 Å². The number of hydrogen-bond donors (Lipinski definition) is 1. The van der Waals surface area contributed by atoms with Crippen LogP contribution in [0.25, 0.3) is 0 Å². The second-order valence-corrected chi connectivity index (χ2v) is 10.6. The molecule has 9 heteroatoms. The summed E-state index contributed by atoms with van der Waals surface area (Å²) in [6, 6.07) is 21.0. The quantitative estimate of drug-likeness (QED) is 0.314. The molecule has 0 spiro atoms. The second kappa shape index (κ2) is 13.4. The Morgan fingerprint density at radius 2 is 1.46 bits per heavy atom. The van der Waals surface area contributed by atoms with E-state index in [1.165, 1.54) is 0 Å². The molecule has 2 amide bonds. The molecule has 39 heavy (non-hydrogen) atoms. The van der Waals surface area contributed by atoms with Crippen molar-refractivity contribution in [2.45, 2.75) is 18.9 Å². The number of benzene rings is 3. The van der Waals surface area contributed by atoms with Crippen molar-refractivity contribution in [1.29, 1.82) is 0 Å². The van der Waals surface area contributed by atoms with Crippen molar-refractivity contribution < 1.29 is 19.0 Å². The molecule has 1 N–H and O–H groups in total. The fraction of sp³-hybridized carbons (Fsp3) is 0.367.